The molecule has 0 bridgehead atoms. The molecule has 1 aromatic rings. The average molecular weight is 331 g/mol. The van der Waals surface area contributed by atoms with E-state index >= 15 is 0 Å². The molecule has 0 aromatic heterocycles. The second kappa shape index (κ2) is 9.45. The monoisotopic (exact) mass is 331 g/mol. The van der Waals surface area contributed by atoms with E-state index in [1.54, 1.807) is 0 Å². The molecule has 1 aliphatic rings. The van der Waals surface area contributed by atoms with Gasteiger partial charge in [-0.25, -0.2) is 0 Å². The van der Waals surface area contributed by atoms with Crippen LogP contribution in [0.5, 0.6) is 0 Å². The summed E-state index contributed by atoms with van der Waals surface area (Å²) < 4.78 is 5.23. The minimum atomic E-state index is -0.325. The maximum Gasteiger partial charge on any atom is 0.308 e. The highest BCUT2D eigenvalue weighted by atomic mass is 16.5. The predicted molar refractivity (Wildman–Crippen MR) is 94.4 cm³/mol. The number of carbonyl (C=O) groups excluding carboxylic acids is 2. The van der Waals surface area contributed by atoms with Crippen LogP contribution in [0.2, 0.25) is 0 Å². The first-order valence-electron chi connectivity index (χ1n) is 9.08. The summed E-state index contributed by atoms with van der Waals surface area (Å²) in [6.07, 6.45) is 6.58. The molecular weight excluding hydrogens is 302 g/mol. The van der Waals surface area contributed by atoms with Gasteiger partial charge in [0.2, 0.25) is 5.91 Å². The molecule has 1 aromatic carbocycles. The van der Waals surface area contributed by atoms with Crippen molar-refractivity contribution in [1.82, 2.24) is 5.32 Å². The van der Waals surface area contributed by atoms with Gasteiger partial charge in [0.1, 0.15) is 0 Å². The number of carbonyl (C=O) groups is 2. The van der Waals surface area contributed by atoms with E-state index in [2.05, 4.69) is 5.32 Å². The molecule has 1 fully saturated rings. The van der Waals surface area contributed by atoms with Crippen molar-refractivity contribution >= 4 is 11.9 Å². The van der Waals surface area contributed by atoms with Gasteiger partial charge >= 0.3 is 5.97 Å². The number of esters is 1. The maximum atomic E-state index is 12.3. The summed E-state index contributed by atoms with van der Waals surface area (Å²) in [5.74, 6) is 0.430. The standard InChI is InChI=1S/C20H29NO3/c1-15(2)24-20(23)14-18(17-10-4-3-5-11-17)21-19(22)13-12-16-8-6-7-9-16/h3-5,10-11,15-16,18H,6-9,12-14H2,1-2H3,(H,21,22). The fourth-order valence-electron chi connectivity index (χ4n) is 3.32. The van der Waals surface area contributed by atoms with E-state index in [0.717, 1.165) is 12.0 Å². The van der Waals surface area contributed by atoms with Gasteiger partial charge in [0, 0.05) is 6.42 Å². The molecule has 4 heteroatoms. The van der Waals surface area contributed by atoms with Gasteiger partial charge in [-0.2, -0.15) is 0 Å². The summed E-state index contributed by atoms with van der Waals surface area (Å²) in [6.45, 7) is 3.66. The van der Waals surface area contributed by atoms with Crippen LogP contribution in [0.4, 0.5) is 0 Å². The van der Waals surface area contributed by atoms with E-state index in [4.69, 9.17) is 4.74 Å². The third-order valence-corrected chi connectivity index (χ3v) is 4.53. The Balaban J connectivity index is 1.91. The van der Waals surface area contributed by atoms with Gasteiger partial charge in [-0.3, -0.25) is 9.59 Å². The van der Waals surface area contributed by atoms with Crippen LogP contribution in [0.3, 0.4) is 0 Å². The first-order chi connectivity index (χ1) is 11.5. The number of benzene rings is 1. The fourth-order valence-corrected chi connectivity index (χ4v) is 3.32. The lowest BCUT2D eigenvalue weighted by Gasteiger charge is -2.20. The van der Waals surface area contributed by atoms with Gasteiger partial charge in [0.05, 0.1) is 18.6 Å². The predicted octanol–water partition coefficient (Wildman–Crippen LogP) is 4.16. The Morgan fingerprint density at radius 2 is 1.83 bits per heavy atom. The number of rotatable bonds is 8. The normalized spacial score (nSPS) is 16.1. The second-order valence-corrected chi connectivity index (χ2v) is 6.96. The lowest BCUT2D eigenvalue weighted by atomic mass is 10.0. The Morgan fingerprint density at radius 3 is 2.46 bits per heavy atom. The Bertz CT molecular complexity index is 521. The quantitative estimate of drug-likeness (QED) is 0.728. The molecule has 4 nitrogen and oxygen atoms in total. The fraction of sp³-hybridized carbons (Fsp3) is 0.600. The first-order valence-corrected chi connectivity index (χ1v) is 9.08. The molecule has 0 saturated heterocycles. The third kappa shape index (κ3) is 6.34. The van der Waals surface area contributed by atoms with Crippen molar-refractivity contribution < 1.29 is 14.3 Å². The second-order valence-electron chi connectivity index (χ2n) is 6.96. The third-order valence-electron chi connectivity index (χ3n) is 4.53. The van der Waals surface area contributed by atoms with Crippen LogP contribution >= 0.6 is 0 Å². The van der Waals surface area contributed by atoms with Crippen molar-refractivity contribution in [3.8, 4) is 0 Å². The van der Waals surface area contributed by atoms with Gasteiger partial charge in [-0.05, 0) is 31.7 Å². The molecule has 132 valence electrons. The Labute approximate surface area is 145 Å². The lowest BCUT2D eigenvalue weighted by molar-refractivity contribution is -0.148. The number of amides is 1. The number of ether oxygens (including phenoxy) is 1. The molecule has 1 amide bonds. The highest BCUT2D eigenvalue weighted by molar-refractivity contribution is 5.78. The molecule has 1 N–H and O–H groups in total. The molecule has 2 rings (SSSR count). The highest BCUT2D eigenvalue weighted by Crippen LogP contribution is 2.28. The van der Waals surface area contributed by atoms with Gasteiger partial charge in [0.15, 0.2) is 0 Å². The van der Waals surface area contributed by atoms with Crippen LogP contribution in [-0.4, -0.2) is 18.0 Å². The largest absolute Gasteiger partial charge is 0.463 e. The molecular formula is C20H29NO3. The number of hydrogen-bond donors (Lipinski definition) is 1. The summed E-state index contributed by atoms with van der Waals surface area (Å²) >= 11 is 0. The Hall–Kier alpha value is -1.84. The minimum absolute atomic E-state index is 0.0214. The van der Waals surface area contributed by atoms with E-state index in [-0.39, 0.29) is 30.4 Å². The van der Waals surface area contributed by atoms with Crippen LogP contribution in [-0.2, 0) is 14.3 Å². The molecule has 0 spiro atoms. The molecule has 1 saturated carbocycles. The Morgan fingerprint density at radius 1 is 1.17 bits per heavy atom. The number of hydrogen-bond acceptors (Lipinski definition) is 3. The van der Waals surface area contributed by atoms with Gasteiger partial charge in [-0.1, -0.05) is 56.0 Å². The molecule has 0 radical (unpaired) electrons. The van der Waals surface area contributed by atoms with Crippen molar-refractivity contribution in [2.45, 2.75) is 70.9 Å². The summed E-state index contributed by atoms with van der Waals surface area (Å²) in [4.78, 5) is 24.3. The van der Waals surface area contributed by atoms with E-state index in [1.807, 2.05) is 44.2 Å². The van der Waals surface area contributed by atoms with Crippen molar-refractivity contribution in [3.05, 3.63) is 35.9 Å². The molecule has 1 atom stereocenters. The zero-order valence-corrected chi connectivity index (χ0v) is 14.8. The molecule has 0 heterocycles. The maximum absolute atomic E-state index is 12.3. The van der Waals surface area contributed by atoms with Gasteiger partial charge in [0.25, 0.3) is 0 Å². The van der Waals surface area contributed by atoms with Crippen LogP contribution in [0.1, 0.15) is 70.4 Å². The minimum Gasteiger partial charge on any atom is -0.463 e. The average Bonchev–Trinajstić information content (AvgIpc) is 3.06. The van der Waals surface area contributed by atoms with E-state index in [1.165, 1.54) is 25.7 Å². The van der Waals surface area contributed by atoms with Crippen molar-refractivity contribution in [3.63, 3.8) is 0 Å². The van der Waals surface area contributed by atoms with E-state index in [9.17, 15) is 9.59 Å². The summed E-state index contributed by atoms with van der Waals surface area (Å²) in [7, 11) is 0. The zero-order valence-electron chi connectivity index (χ0n) is 14.8. The van der Waals surface area contributed by atoms with Crippen molar-refractivity contribution in [1.29, 1.82) is 0 Å². The van der Waals surface area contributed by atoms with Crippen LogP contribution in [0.25, 0.3) is 0 Å². The molecule has 1 aliphatic carbocycles. The summed E-state index contributed by atoms with van der Waals surface area (Å²) in [6, 6.07) is 9.31. The summed E-state index contributed by atoms with van der Waals surface area (Å²) in [5, 5.41) is 3.02. The summed E-state index contributed by atoms with van der Waals surface area (Å²) in [5.41, 5.74) is 0.937. The first kappa shape index (κ1) is 18.5. The van der Waals surface area contributed by atoms with Crippen LogP contribution in [0, 0.1) is 5.92 Å². The SMILES string of the molecule is CC(C)OC(=O)CC(NC(=O)CCC1CCCC1)c1ccccc1. The van der Waals surface area contributed by atoms with Crippen LogP contribution < -0.4 is 5.32 Å². The van der Waals surface area contributed by atoms with Crippen LogP contribution in [0.15, 0.2) is 30.3 Å². The van der Waals surface area contributed by atoms with Gasteiger partial charge < -0.3 is 10.1 Å². The van der Waals surface area contributed by atoms with Gasteiger partial charge in [-0.15, -0.1) is 0 Å². The zero-order chi connectivity index (χ0) is 17.4. The van der Waals surface area contributed by atoms with E-state index < -0.39 is 0 Å². The topological polar surface area (TPSA) is 55.4 Å². The molecule has 24 heavy (non-hydrogen) atoms. The number of nitrogens with one attached hydrogen (secondary N) is 1. The van der Waals surface area contributed by atoms with Crippen molar-refractivity contribution in [2.75, 3.05) is 0 Å². The Kier molecular flexibility index (Phi) is 7.29. The highest BCUT2D eigenvalue weighted by Gasteiger charge is 2.21. The lowest BCUT2D eigenvalue weighted by Crippen LogP contribution is -2.31. The molecule has 0 aliphatic heterocycles. The van der Waals surface area contributed by atoms with E-state index in [0.29, 0.717) is 12.3 Å². The smallest absolute Gasteiger partial charge is 0.308 e. The van der Waals surface area contributed by atoms with Crippen molar-refractivity contribution in [2.24, 2.45) is 5.92 Å². The molecule has 1 unspecified atom stereocenters.